The van der Waals surface area contributed by atoms with E-state index in [0.29, 0.717) is 5.56 Å². The number of hydrogen-bond acceptors (Lipinski definition) is 3. The number of carbonyl (C=O) groups excluding carboxylic acids is 1. The van der Waals surface area contributed by atoms with E-state index < -0.39 is 0 Å². The first-order valence-electron chi connectivity index (χ1n) is 3.29. The van der Waals surface area contributed by atoms with E-state index in [1.165, 1.54) is 0 Å². The average Bonchev–Trinajstić information content (AvgIpc) is 2.17. The fourth-order valence-corrected chi connectivity index (χ4v) is 0.996. The lowest BCUT2D eigenvalue weighted by atomic mass is 10.1. The molecule has 3 nitrogen and oxygen atoms in total. The summed E-state index contributed by atoms with van der Waals surface area (Å²) < 4.78 is 0.133. The van der Waals surface area contributed by atoms with Gasteiger partial charge in [0.1, 0.15) is 0 Å². The monoisotopic (exact) mass is 226 g/mol. The Morgan fingerprint density at radius 1 is 1.33 bits per heavy atom. The van der Waals surface area contributed by atoms with Crippen molar-refractivity contribution in [2.75, 3.05) is 0 Å². The Labute approximate surface area is 78.4 Å². The number of nitrogens with two attached hydrogens (primary N) is 1. The molecule has 0 atom stereocenters. The zero-order chi connectivity index (χ0) is 8.97. The van der Waals surface area contributed by atoms with Gasteiger partial charge in [0.2, 0.25) is 5.78 Å². The third-order valence-corrected chi connectivity index (χ3v) is 1.90. The molecule has 0 aliphatic rings. The first-order valence-corrected chi connectivity index (χ1v) is 4.08. The predicted octanol–water partition coefficient (Wildman–Crippen LogP) is 1.54. The van der Waals surface area contributed by atoms with Gasteiger partial charge in [0, 0.05) is 5.56 Å². The lowest BCUT2D eigenvalue weighted by molar-refractivity contribution is 0.106. The quantitative estimate of drug-likeness (QED) is 0.360. The molecule has 2 N–H and O–H groups in total. The van der Waals surface area contributed by atoms with Gasteiger partial charge in [-0.15, -0.1) is 0 Å². The summed E-state index contributed by atoms with van der Waals surface area (Å²) in [5.74, 6) is 4.72. The molecule has 0 radical (unpaired) electrons. The van der Waals surface area contributed by atoms with Crippen LogP contribution in [-0.2, 0) is 0 Å². The van der Waals surface area contributed by atoms with Gasteiger partial charge < -0.3 is 5.84 Å². The fourth-order valence-electron chi connectivity index (χ4n) is 0.767. The van der Waals surface area contributed by atoms with Gasteiger partial charge in [0.25, 0.3) is 0 Å². The molecular weight excluding hydrogens is 220 g/mol. The summed E-state index contributed by atoms with van der Waals surface area (Å²) >= 11 is 2.95. The van der Waals surface area contributed by atoms with Crippen LogP contribution in [-0.4, -0.2) is 10.4 Å². The van der Waals surface area contributed by atoms with Crippen LogP contribution < -0.4 is 5.84 Å². The van der Waals surface area contributed by atoms with Crippen LogP contribution in [0.15, 0.2) is 35.4 Å². The van der Waals surface area contributed by atoms with Crippen LogP contribution >= 0.6 is 15.9 Å². The highest BCUT2D eigenvalue weighted by Crippen LogP contribution is 2.03. The number of halogens is 1. The van der Waals surface area contributed by atoms with Gasteiger partial charge in [-0.1, -0.05) is 30.3 Å². The molecule has 1 aromatic rings. The summed E-state index contributed by atoms with van der Waals surface area (Å²) in [6.45, 7) is 0. The standard InChI is InChI=1S/C8H7BrN2O/c9-8(11-10)7(12)6-4-2-1-3-5-6/h1-5H,10H2/b11-8-. The topological polar surface area (TPSA) is 55.4 Å². The van der Waals surface area contributed by atoms with Crippen molar-refractivity contribution in [3.05, 3.63) is 35.9 Å². The molecule has 0 bridgehead atoms. The Bertz CT molecular complexity index is 308. The number of rotatable bonds is 2. The van der Waals surface area contributed by atoms with Crippen LogP contribution in [0.2, 0.25) is 0 Å². The molecule has 0 aliphatic heterocycles. The first-order chi connectivity index (χ1) is 5.75. The molecule has 1 aromatic carbocycles. The van der Waals surface area contributed by atoms with Gasteiger partial charge in [0.15, 0.2) is 4.62 Å². The maximum absolute atomic E-state index is 11.3. The minimum absolute atomic E-state index is 0.133. The molecule has 0 heterocycles. The largest absolute Gasteiger partial charge is 0.322 e. The third kappa shape index (κ3) is 1.92. The minimum atomic E-state index is -0.210. The Morgan fingerprint density at radius 2 is 1.92 bits per heavy atom. The molecule has 4 heteroatoms. The normalized spacial score (nSPS) is 11.2. The van der Waals surface area contributed by atoms with Gasteiger partial charge in [-0.25, -0.2) is 0 Å². The van der Waals surface area contributed by atoms with Crippen LogP contribution in [0.3, 0.4) is 0 Å². The number of hydrogen-bond donors (Lipinski definition) is 1. The molecule has 0 aromatic heterocycles. The van der Waals surface area contributed by atoms with Crippen molar-refractivity contribution in [3.63, 3.8) is 0 Å². The van der Waals surface area contributed by atoms with Crippen molar-refractivity contribution < 1.29 is 4.79 Å². The Balaban J connectivity index is 2.94. The summed E-state index contributed by atoms with van der Waals surface area (Å²) in [7, 11) is 0. The highest BCUT2D eigenvalue weighted by Gasteiger charge is 2.09. The number of carbonyl (C=O) groups is 1. The smallest absolute Gasteiger partial charge is 0.220 e. The second-order valence-electron chi connectivity index (χ2n) is 2.12. The molecule has 0 amide bonds. The molecule has 0 spiro atoms. The second-order valence-corrected chi connectivity index (χ2v) is 2.87. The zero-order valence-electron chi connectivity index (χ0n) is 6.20. The summed E-state index contributed by atoms with van der Waals surface area (Å²) in [6.07, 6.45) is 0. The number of hydrazone groups is 1. The van der Waals surface area contributed by atoms with Crippen LogP contribution in [0.1, 0.15) is 10.4 Å². The van der Waals surface area contributed by atoms with E-state index in [1.807, 2.05) is 6.07 Å². The minimum Gasteiger partial charge on any atom is -0.322 e. The van der Waals surface area contributed by atoms with Gasteiger partial charge in [-0.3, -0.25) is 4.79 Å². The molecular formula is C8H7BrN2O. The summed E-state index contributed by atoms with van der Waals surface area (Å²) in [5.41, 5.74) is 0.568. The molecule has 0 fully saturated rings. The molecule has 0 unspecified atom stereocenters. The maximum Gasteiger partial charge on any atom is 0.220 e. The molecule has 1 rings (SSSR count). The van der Waals surface area contributed by atoms with Crippen molar-refractivity contribution >= 4 is 26.3 Å². The summed E-state index contributed by atoms with van der Waals surface area (Å²) in [6, 6.07) is 8.81. The highest BCUT2D eigenvalue weighted by atomic mass is 79.9. The van der Waals surface area contributed by atoms with E-state index in [0.717, 1.165) is 0 Å². The van der Waals surface area contributed by atoms with Crippen LogP contribution in [0.4, 0.5) is 0 Å². The molecule has 0 saturated carbocycles. The van der Waals surface area contributed by atoms with E-state index in [4.69, 9.17) is 5.84 Å². The Morgan fingerprint density at radius 3 is 2.42 bits per heavy atom. The Hall–Kier alpha value is -1.16. The SMILES string of the molecule is N/N=C(\Br)C(=O)c1ccccc1. The van der Waals surface area contributed by atoms with Gasteiger partial charge in [0.05, 0.1) is 0 Å². The molecule has 0 saturated heterocycles. The molecule has 62 valence electrons. The van der Waals surface area contributed by atoms with E-state index in [9.17, 15) is 4.79 Å². The van der Waals surface area contributed by atoms with Crippen molar-refractivity contribution in [1.82, 2.24) is 0 Å². The lowest BCUT2D eigenvalue weighted by Gasteiger charge is -1.95. The second kappa shape index (κ2) is 4.01. The number of benzene rings is 1. The van der Waals surface area contributed by atoms with Crippen LogP contribution in [0.5, 0.6) is 0 Å². The van der Waals surface area contributed by atoms with Crippen molar-refractivity contribution in [3.8, 4) is 0 Å². The average molecular weight is 227 g/mol. The van der Waals surface area contributed by atoms with Crippen molar-refractivity contribution in [1.29, 1.82) is 0 Å². The number of nitrogens with zero attached hydrogens (tertiary/aromatic N) is 1. The zero-order valence-corrected chi connectivity index (χ0v) is 7.78. The van der Waals surface area contributed by atoms with E-state index in [2.05, 4.69) is 21.0 Å². The lowest BCUT2D eigenvalue weighted by Crippen LogP contribution is -2.09. The Kier molecular flexibility index (Phi) is 2.99. The van der Waals surface area contributed by atoms with Crippen molar-refractivity contribution in [2.45, 2.75) is 0 Å². The number of Topliss-reactive ketones (excluding diaryl/α,β-unsaturated/α-hetero) is 1. The predicted molar refractivity (Wildman–Crippen MR) is 51.3 cm³/mol. The van der Waals surface area contributed by atoms with Gasteiger partial charge >= 0.3 is 0 Å². The summed E-state index contributed by atoms with van der Waals surface area (Å²) in [5, 5.41) is 3.25. The molecule has 0 aliphatic carbocycles. The summed E-state index contributed by atoms with van der Waals surface area (Å²) in [4.78, 5) is 11.3. The molecule has 12 heavy (non-hydrogen) atoms. The first kappa shape index (κ1) is 8.93. The van der Waals surface area contributed by atoms with E-state index in [1.54, 1.807) is 24.3 Å². The maximum atomic E-state index is 11.3. The van der Waals surface area contributed by atoms with Crippen LogP contribution in [0, 0.1) is 0 Å². The van der Waals surface area contributed by atoms with Gasteiger partial charge in [-0.05, 0) is 15.9 Å². The van der Waals surface area contributed by atoms with Crippen LogP contribution in [0.25, 0.3) is 0 Å². The van der Waals surface area contributed by atoms with Crippen molar-refractivity contribution in [2.24, 2.45) is 10.9 Å². The van der Waals surface area contributed by atoms with E-state index in [-0.39, 0.29) is 10.4 Å². The van der Waals surface area contributed by atoms with E-state index >= 15 is 0 Å². The highest BCUT2D eigenvalue weighted by molar-refractivity contribution is 9.19. The fraction of sp³-hybridized carbons (Fsp3) is 0. The third-order valence-electron chi connectivity index (χ3n) is 1.34. The number of ketones is 1. The van der Waals surface area contributed by atoms with Gasteiger partial charge in [-0.2, -0.15) is 5.10 Å².